The molecule has 6 nitrogen and oxygen atoms in total. The number of oxazole rings is 1. The Morgan fingerprint density at radius 3 is 2.72 bits per heavy atom. The Labute approximate surface area is 168 Å². The molecule has 3 aromatic rings. The molecule has 1 heterocycles. The molecule has 3 rings (SSSR count). The summed E-state index contributed by atoms with van der Waals surface area (Å²) in [5.74, 6) is 1.51. The maximum atomic E-state index is 13.8. The number of carbonyl (C=O) groups excluding carboxylic acids is 1. The van der Waals surface area contributed by atoms with E-state index in [1.54, 1.807) is 38.5 Å². The van der Waals surface area contributed by atoms with Crippen molar-refractivity contribution in [1.29, 1.82) is 0 Å². The van der Waals surface area contributed by atoms with Crippen LogP contribution in [0.4, 0.5) is 4.39 Å². The van der Waals surface area contributed by atoms with Crippen molar-refractivity contribution < 1.29 is 23.1 Å². The summed E-state index contributed by atoms with van der Waals surface area (Å²) in [4.78, 5) is 16.5. The minimum atomic E-state index is -0.379. The number of nitrogens with zero attached hydrogens (tertiary/aromatic N) is 1. The van der Waals surface area contributed by atoms with Crippen LogP contribution in [0.3, 0.4) is 0 Å². The van der Waals surface area contributed by atoms with Crippen molar-refractivity contribution in [3.63, 3.8) is 0 Å². The molecule has 2 aromatic carbocycles. The highest BCUT2D eigenvalue weighted by Gasteiger charge is 2.16. The molecule has 1 amide bonds. The lowest BCUT2D eigenvalue weighted by Gasteiger charge is -2.18. The number of amides is 1. The third-order valence-corrected chi connectivity index (χ3v) is 4.54. The minimum absolute atomic E-state index is 0.152. The summed E-state index contributed by atoms with van der Waals surface area (Å²) in [6.07, 6.45) is 1.98. The lowest BCUT2D eigenvalue weighted by atomic mass is 10.1. The first kappa shape index (κ1) is 20.4. The van der Waals surface area contributed by atoms with E-state index >= 15 is 0 Å². The second-order valence-corrected chi connectivity index (χ2v) is 6.50. The Bertz CT molecular complexity index is 986. The Hall–Kier alpha value is -3.35. The number of aromatic nitrogens is 1. The first-order valence-corrected chi connectivity index (χ1v) is 9.22. The number of hydrogen-bond acceptors (Lipinski definition) is 5. The number of carbonyl (C=O) groups is 1. The molecule has 152 valence electrons. The topological polar surface area (TPSA) is 73.6 Å². The Morgan fingerprint density at radius 1 is 1.21 bits per heavy atom. The van der Waals surface area contributed by atoms with E-state index in [4.69, 9.17) is 13.9 Å². The largest absolute Gasteiger partial charge is 0.497 e. The average molecular weight is 398 g/mol. The fraction of sp³-hybridized carbons (Fsp3) is 0.273. The van der Waals surface area contributed by atoms with Gasteiger partial charge in [0.25, 0.3) is 0 Å². The van der Waals surface area contributed by atoms with Crippen molar-refractivity contribution in [1.82, 2.24) is 10.3 Å². The van der Waals surface area contributed by atoms with Crippen LogP contribution in [0.15, 0.2) is 53.1 Å². The van der Waals surface area contributed by atoms with Gasteiger partial charge in [-0.1, -0.05) is 12.1 Å². The Balaban J connectivity index is 1.59. The van der Waals surface area contributed by atoms with E-state index < -0.39 is 0 Å². The van der Waals surface area contributed by atoms with Crippen LogP contribution in [0.2, 0.25) is 0 Å². The monoisotopic (exact) mass is 398 g/mol. The molecule has 1 atom stereocenters. The third kappa shape index (κ3) is 4.93. The van der Waals surface area contributed by atoms with E-state index in [9.17, 15) is 9.18 Å². The van der Waals surface area contributed by atoms with Crippen LogP contribution in [-0.2, 0) is 11.2 Å². The van der Waals surface area contributed by atoms with Gasteiger partial charge in [0.2, 0.25) is 5.91 Å². The maximum Gasteiger partial charge on any atom is 0.220 e. The summed E-state index contributed by atoms with van der Waals surface area (Å²) in [7, 11) is 3.16. The van der Waals surface area contributed by atoms with Crippen molar-refractivity contribution in [2.24, 2.45) is 0 Å². The quantitative estimate of drug-likeness (QED) is 0.612. The summed E-state index contributed by atoms with van der Waals surface area (Å²) in [6.45, 7) is 1.88. The van der Waals surface area contributed by atoms with Gasteiger partial charge in [0.1, 0.15) is 17.3 Å². The second-order valence-electron chi connectivity index (χ2n) is 6.50. The molecular formula is C22H23FN2O4. The smallest absolute Gasteiger partial charge is 0.220 e. The van der Waals surface area contributed by atoms with E-state index in [2.05, 4.69) is 10.3 Å². The van der Waals surface area contributed by atoms with Crippen LogP contribution in [-0.4, -0.2) is 25.1 Å². The van der Waals surface area contributed by atoms with Crippen LogP contribution in [0.5, 0.6) is 11.5 Å². The van der Waals surface area contributed by atoms with Crippen LogP contribution in [0.1, 0.15) is 30.8 Å². The van der Waals surface area contributed by atoms with Gasteiger partial charge >= 0.3 is 0 Å². The molecule has 0 aliphatic carbocycles. The van der Waals surface area contributed by atoms with Gasteiger partial charge in [-0.05, 0) is 31.2 Å². The molecule has 0 saturated carbocycles. The van der Waals surface area contributed by atoms with Crippen LogP contribution in [0, 0.1) is 5.82 Å². The zero-order valence-corrected chi connectivity index (χ0v) is 16.6. The molecule has 29 heavy (non-hydrogen) atoms. The highest BCUT2D eigenvalue weighted by molar-refractivity contribution is 5.76. The fourth-order valence-electron chi connectivity index (χ4n) is 3.00. The summed E-state index contributed by atoms with van der Waals surface area (Å²) in [6, 6.07) is 11.5. The highest BCUT2D eigenvalue weighted by atomic mass is 19.1. The number of rotatable bonds is 8. The predicted octanol–water partition coefficient (Wildman–Crippen LogP) is 4.31. The summed E-state index contributed by atoms with van der Waals surface area (Å²) in [5, 5.41) is 2.94. The van der Waals surface area contributed by atoms with Gasteiger partial charge in [0.05, 0.1) is 32.0 Å². The van der Waals surface area contributed by atoms with Crippen molar-refractivity contribution in [3.05, 3.63) is 65.9 Å². The molecule has 1 aromatic heterocycles. The number of ether oxygens (including phenoxy) is 2. The summed E-state index contributed by atoms with van der Waals surface area (Å²) >= 11 is 0. The molecule has 0 aliphatic rings. The lowest BCUT2D eigenvalue weighted by molar-refractivity contribution is -0.121. The molecule has 0 fully saturated rings. The van der Waals surface area contributed by atoms with Crippen molar-refractivity contribution in [2.45, 2.75) is 25.8 Å². The third-order valence-electron chi connectivity index (χ3n) is 4.54. The number of benzene rings is 2. The lowest BCUT2D eigenvalue weighted by Crippen LogP contribution is -2.27. The predicted molar refractivity (Wildman–Crippen MR) is 106 cm³/mol. The zero-order valence-electron chi connectivity index (χ0n) is 16.6. The molecule has 7 heteroatoms. The van der Waals surface area contributed by atoms with Crippen molar-refractivity contribution >= 4 is 5.91 Å². The highest BCUT2D eigenvalue weighted by Crippen LogP contribution is 2.29. The number of nitrogens with one attached hydrogen (secondary N) is 1. The van der Waals surface area contributed by atoms with Crippen molar-refractivity contribution in [3.8, 4) is 22.8 Å². The van der Waals surface area contributed by atoms with Crippen LogP contribution >= 0.6 is 0 Å². The molecule has 0 radical (unpaired) electrons. The van der Waals surface area contributed by atoms with Gasteiger partial charge in [-0.2, -0.15) is 0 Å². The standard InChI is InChI=1S/C22H23FN2O4/c1-14(16-9-8-15(27-2)12-19(16)28-3)25-21(26)10-11-22-24-13-20(29-22)17-6-4-5-7-18(17)23/h4-9,12-14H,10-11H2,1-3H3,(H,25,26). The molecule has 1 unspecified atom stereocenters. The zero-order chi connectivity index (χ0) is 20.8. The second kappa shape index (κ2) is 9.23. The SMILES string of the molecule is COc1ccc(C(C)NC(=O)CCc2ncc(-c3ccccc3F)o2)c(OC)c1. The first-order valence-electron chi connectivity index (χ1n) is 9.22. The molecule has 0 aliphatic heterocycles. The van der Waals surface area contributed by atoms with Crippen LogP contribution in [0.25, 0.3) is 11.3 Å². The summed E-state index contributed by atoms with van der Waals surface area (Å²) in [5.41, 5.74) is 1.19. The summed E-state index contributed by atoms with van der Waals surface area (Å²) < 4.78 is 30.0. The Morgan fingerprint density at radius 2 is 2.00 bits per heavy atom. The molecule has 1 N–H and O–H groups in total. The number of halogens is 1. The first-order chi connectivity index (χ1) is 14.0. The van der Waals surface area contributed by atoms with Gasteiger partial charge in [0.15, 0.2) is 11.7 Å². The van der Waals surface area contributed by atoms with Gasteiger partial charge in [-0.3, -0.25) is 4.79 Å². The number of aryl methyl sites for hydroxylation is 1. The average Bonchev–Trinajstić information content (AvgIpc) is 3.20. The molecule has 0 bridgehead atoms. The van der Waals surface area contributed by atoms with E-state index in [0.717, 1.165) is 5.56 Å². The minimum Gasteiger partial charge on any atom is -0.497 e. The van der Waals surface area contributed by atoms with Crippen molar-refractivity contribution in [2.75, 3.05) is 14.2 Å². The van der Waals surface area contributed by atoms with Gasteiger partial charge in [-0.25, -0.2) is 9.37 Å². The Kier molecular flexibility index (Phi) is 6.49. The number of methoxy groups -OCH3 is 2. The van der Waals surface area contributed by atoms with Gasteiger partial charge in [0, 0.05) is 24.5 Å². The van der Waals surface area contributed by atoms with Crippen LogP contribution < -0.4 is 14.8 Å². The normalized spacial score (nSPS) is 11.7. The van der Waals surface area contributed by atoms with Gasteiger partial charge in [-0.15, -0.1) is 0 Å². The van der Waals surface area contributed by atoms with Gasteiger partial charge < -0.3 is 19.2 Å². The van der Waals surface area contributed by atoms with E-state index in [1.165, 1.54) is 12.3 Å². The number of hydrogen-bond donors (Lipinski definition) is 1. The maximum absolute atomic E-state index is 13.8. The molecular weight excluding hydrogens is 375 g/mol. The molecule has 0 spiro atoms. The molecule has 0 saturated heterocycles. The fourth-order valence-corrected chi connectivity index (χ4v) is 3.00. The van der Waals surface area contributed by atoms with E-state index in [-0.39, 0.29) is 24.2 Å². The van der Waals surface area contributed by atoms with E-state index in [0.29, 0.717) is 35.1 Å². The van der Waals surface area contributed by atoms with E-state index in [1.807, 2.05) is 19.1 Å².